The molecule has 0 amide bonds. The molecule has 21 heavy (non-hydrogen) atoms. The largest absolute Gasteiger partial charge is 0.319 e. The second-order valence-corrected chi connectivity index (χ2v) is 5.80. The molecule has 1 aromatic heterocycles. The van der Waals surface area contributed by atoms with E-state index in [1.165, 1.54) is 11.6 Å². The van der Waals surface area contributed by atoms with Gasteiger partial charge in [-0.3, -0.25) is 0 Å². The van der Waals surface area contributed by atoms with E-state index in [9.17, 15) is 4.39 Å². The Kier molecular flexibility index (Phi) is 3.97. The van der Waals surface area contributed by atoms with E-state index in [2.05, 4.69) is 15.3 Å². The lowest BCUT2D eigenvalue weighted by Crippen LogP contribution is -2.25. The van der Waals surface area contributed by atoms with Crippen molar-refractivity contribution in [2.45, 2.75) is 26.2 Å². The van der Waals surface area contributed by atoms with Gasteiger partial charge >= 0.3 is 0 Å². The van der Waals surface area contributed by atoms with Crippen molar-refractivity contribution >= 4 is 0 Å². The number of nitrogens with zero attached hydrogens (tertiary/aromatic N) is 2. The van der Waals surface area contributed by atoms with Gasteiger partial charge in [-0.05, 0) is 62.9 Å². The molecule has 0 radical (unpaired) electrons. The van der Waals surface area contributed by atoms with Crippen LogP contribution in [0.1, 0.15) is 23.2 Å². The topological polar surface area (TPSA) is 37.8 Å². The maximum atomic E-state index is 13.7. The summed E-state index contributed by atoms with van der Waals surface area (Å²) < 4.78 is 13.7. The summed E-state index contributed by atoms with van der Waals surface area (Å²) in [4.78, 5) is 9.08. The number of aromatic nitrogens is 2. The lowest BCUT2D eigenvalue weighted by atomic mass is 9.87. The molecule has 0 saturated carbocycles. The van der Waals surface area contributed by atoms with Crippen molar-refractivity contribution in [2.24, 2.45) is 5.92 Å². The van der Waals surface area contributed by atoms with E-state index in [1.54, 1.807) is 13.0 Å². The van der Waals surface area contributed by atoms with Crippen LogP contribution >= 0.6 is 0 Å². The molecule has 1 heterocycles. The highest BCUT2D eigenvalue weighted by Gasteiger charge is 2.20. The second kappa shape index (κ2) is 5.90. The van der Waals surface area contributed by atoms with Gasteiger partial charge in [0, 0.05) is 17.5 Å². The fourth-order valence-corrected chi connectivity index (χ4v) is 2.92. The van der Waals surface area contributed by atoms with Crippen LogP contribution in [0.3, 0.4) is 0 Å². The average Bonchev–Trinajstić information content (AvgIpc) is 2.50. The predicted molar refractivity (Wildman–Crippen MR) is 81.6 cm³/mol. The van der Waals surface area contributed by atoms with Gasteiger partial charge in [-0.1, -0.05) is 12.1 Å². The summed E-state index contributed by atoms with van der Waals surface area (Å²) in [5, 5.41) is 3.23. The van der Waals surface area contributed by atoms with Crippen LogP contribution in [-0.4, -0.2) is 23.6 Å². The first kappa shape index (κ1) is 14.1. The van der Waals surface area contributed by atoms with Gasteiger partial charge in [0.25, 0.3) is 0 Å². The highest BCUT2D eigenvalue weighted by atomic mass is 19.1. The Balaban J connectivity index is 1.88. The van der Waals surface area contributed by atoms with Crippen LogP contribution in [0.25, 0.3) is 11.4 Å². The quantitative estimate of drug-likeness (QED) is 0.942. The van der Waals surface area contributed by atoms with E-state index >= 15 is 0 Å². The van der Waals surface area contributed by atoms with E-state index in [0.29, 0.717) is 17.3 Å². The molecule has 1 atom stereocenters. The molecule has 0 spiro atoms. The zero-order valence-corrected chi connectivity index (χ0v) is 12.5. The first-order valence-electron chi connectivity index (χ1n) is 7.43. The minimum absolute atomic E-state index is 0.206. The summed E-state index contributed by atoms with van der Waals surface area (Å²) >= 11 is 0. The third kappa shape index (κ3) is 2.95. The van der Waals surface area contributed by atoms with Gasteiger partial charge in [-0.15, -0.1) is 0 Å². The van der Waals surface area contributed by atoms with Crippen LogP contribution < -0.4 is 5.32 Å². The molecule has 2 aromatic rings. The summed E-state index contributed by atoms with van der Waals surface area (Å²) in [6.07, 6.45) is 5.06. The Morgan fingerprint density at radius 2 is 2.24 bits per heavy atom. The Morgan fingerprint density at radius 3 is 3.00 bits per heavy atom. The second-order valence-electron chi connectivity index (χ2n) is 5.80. The molecular formula is C17H20FN3. The molecule has 1 unspecified atom stereocenters. The van der Waals surface area contributed by atoms with Crippen LogP contribution in [0, 0.1) is 18.7 Å². The Hall–Kier alpha value is -1.81. The van der Waals surface area contributed by atoms with E-state index in [-0.39, 0.29) is 5.82 Å². The maximum absolute atomic E-state index is 13.7. The lowest BCUT2D eigenvalue weighted by Gasteiger charge is -2.23. The normalized spacial score (nSPS) is 17.6. The Morgan fingerprint density at radius 1 is 1.38 bits per heavy atom. The molecule has 110 valence electrons. The number of hydrogen-bond acceptors (Lipinski definition) is 3. The van der Waals surface area contributed by atoms with Gasteiger partial charge in [0.15, 0.2) is 5.82 Å². The smallest absolute Gasteiger partial charge is 0.159 e. The minimum Gasteiger partial charge on any atom is -0.319 e. The van der Waals surface area contributed by atoms with E-state index in [4.69, 9.17) is 0 Å². The van der Waals surface area contributed by atoms with Gasteiger partial charge in [-0.2, -0.15) is 0 Å². The van der Waals surface area contributed by atoms with Gasteiger partial charge in [-0.25, -0.2) is 14.4 Å². The highest BCUT2D eigenvalue weighted by Crippen LogP contribution is 2.26. The third-order valence-corrected chi connectivity index (χ3v) is 4.18. The van der Waals surface area contributed by atoms with Crippen molar-refractivity contribution in [2.75, 3.05) is 13.6 Å². The molecule has 1 aliphatic rings. The molecule has 1 aromatic carbocycles. The number of benzene rings is 1. The summed E-state index contributed by atoms with van der Waals surface area (Å²) in [7, 11) is 1.99. The number of rotatable bonds is 3. The predicted octanol–water partition coefficient (Wildman–Crippen LogP) is 2.92. The summed E-state index contributed by atoms with van der Waals surface area (Å²) in [5.41, 5.74) is 3.75. The first-order valence-corrected chi connectivity index (χ1v) is 7.43. The standard InChI is InChI=1S/C17H20FN3/c1-11-3-5-13(8-15(11)18)17-20-10-14-7-12(9-19-2)4-6-16(14)21-17/h3,5,8,10,12,19H,4,6-7,9H2,1-2H3. The lowest BCUT2D eigenvalue weighted by molar-refractivity contribution is 0.434. The monoisotopic (exact) mass is 285 g/mol. The van der Waals surface area contributed by atoms with Crippen molar-refractivity contribution in [3.8, 4) is 11.4 Å². The fourth-order valence-electron chi connectivity index (χ4n) is 2.92. The molecule has 3 nitrogen and oxygen atoms in total. The van der Waals surface area contributed by atoms with Crippen LogP contribution in [-0.2, 0) is 12.8 Å². The SMILES string of the molecule is CNCC1CCc2nc(-c3ccc(C)c(F)c3)ncc2C1. The summed E-state index contributed by atoms with van der Waals surface area (Å²) in [5.74, 6) is 1.08. The molecule has 0 aliphatic heterocycles. The number of hydrogen-bond donors (Lipinski definition) is 1. The molecule has 4 heteroatoms. The maximum Gasteiger partial charge on any atom is 0.159 e. The van der Waals surface area contributed by atoms with E-state index in [1.807, 2.05) is 19.3 Å². The van der Waals surface area contributed by atoms with Crippen LogP contribution in [0.4, 0.5) is 4.39 Å². The molecule has 3 rings (SSSR count). The average molecular weight is 285 g/mol. The minimum atomic E-state index is -0.206. The highest BCUT2D eigenvalue weighted by molar-refractivity contribution is 5.56. The van der Waals surface area contributed by atoms with Crippen molar-refractivity contribution < 1.29 is 4.39 Å². The van der Waals surface area contributed by atoms with Crippen molar-refractivity contribution in [3.63, 3.8) is 0 Å². The van der Waals surface area contributed by atoms with Gasteiger partial charge in [0.1, 0.15) is 5.82 Å². The van der Waals surface area contributed by atoms with Crippen molar-refractivity contribution in [3.05, 3.63) is 47.0 Å². The number of fused-ring (bicyclic) bond motifs is 1. The van der Waals surface area contributed by atoms with Gasteiger partial charge in [0.2, 0.25) is 0 Å². The summed E-state index contributed by atoms with van der Waals surface area (Å²) in [6, 6.07) is 5.17. The zero-order chi connectivity index (χ0) is 14.8. The number of halogens is 1. The molecule has 0 fully saturated rings. The number of nitrogens with one attached hydrogen (secondary N) is 1. The Bertz CT molecular complexity index is 654. The third-order valence-electron chi connectivity index (χ3n) is 4.18. The van der Waals surface area contributed by atoms with Gasteiger partial charge < -0.3 is 5.32 Å². The molecule has 0 saturated heterocycles. The Labute approximate surface area is 124 Å². The van der Waals surface area contributed by atoms with Gasteiger partial charge in [0.05, 0.1) is 0 Å². The molecular weight excluding hydrogens is 265 g/mol. The molecule has 1 aliphatic carbocycles. The van der Waals surface area contributed by atoms with E-state index < -0.39 is 0 Å². The van der Waals surface area contributed by atoms with Crippen LogP contribution in [0.2, 0.25) is 0 Å². The van der Waals surface area contributed by atoms with Crippen LogP contribution in [0.15, 0.2) is 24.4 Å². The van der Waals surface area contributed by atoms with Crippen LogP contribution in [0.5, 0.6) is 0 Å². The first-order chi connectivity index (χ1) is 10.2. The van der Waals surface area contributed by atoms with E-state index in [0.717, 1.165) is 37.1 Å². The number of aryl methyl sites for hydroxylation is 2. The molecule has 0 bridgehead atoms. The van der Waals surface area contributed by atoms with Crippen molar-refractivity contribution in [1.82, 2.24) is 15.3 Å². The zero-order valence-electron chi connectivity index (χ0n) is 12.5. The fraction of sp³-hybridized carbons (Fsp3) is 0.412. The molecule has 1 N–H and O–H groups in total. The summed E-state index contributed by atoms with van der Waals surface area (Å²) in [6.45, 7) is 2.79. The van der Waals surface area contributed by atoms with Crippen molar-refractivity contribution in [1.29, 1.82) is 0 Å².